The molecule has 0 aliphatic rings. The van der Waals surface area contributed by atoms with E-state index in [1.54, 1.807) is 0 Å². The Morgan fingerprint density at radius 2 is 1.88 bits per heavy atom. The summed E-state index contributed by atoms with van der Waals surface area (Å²) >= 11 is 0. The average molecular weight is 321 g/mol. The summed E-state index contributed by atoms with van der Waals surface area (Å²) in [7, 11) is 0. The quantitative estimate of drug-likeness (QED) is 0.602. The van der Waals surface area contributed by atoms with Crippen molar-refractivity contribution in [3.05, 3.63) is 59.4 Å². The molecule has 3 heteroatoms. The van der Waals surface area contributed by atoms with Crippen molar-refractivity contribution in [1.82, 2.24) is 4.40 Å². The summed E-state index contributed by atoms with van der Waals surface area (Å²) in [6.07, 6.45) is 4.85. The monoisotopic (exact) mass is 321 g/mol. The van der Waals surface area contributed by atoms with E-state index in [-0.39, 0.29) is 0 Å². The fourth-order valence-electron chi connectivity index (χ4n) is 3.11. The van der Waals surface area contributed by atoms with Gasteiger partial charge in [-0.15, -0.1) is 0 Å². The molecule has 0 radical (unpaired) electrons. The van der Waals surface area contributed by atoms with Gasteiger partial charge in [0.1, 0.15) is 5.75 Å². The first kappa shape index (κ1) is 16.3. The van der Waals surface area contributed by atoms with E-state index in [1.807, 2.05) is 23.5 Å². The molecule has 2 aromatic heterocycles. The standard InChI is InChI=1S/C21H23NO2/c1-4-15-7-9-18-12-19(20(14-23)22(18)13-15)17-8-10-21(24-6-3)16(5-2)11-17/h7-14H,4-6H2,1-3H3. The van der Waals surface area contributed by atoms with E-state index in [9.17, 15) is 4.79 Å². The fourth-order valence-corrected chi connectivity index (χ4v) is 3.11. The van der Waals surface area contributed by atoms with Gasteiger partial charge in [-0.1, -0.05) is 26.0 Å². The molecule has 0 unspecified atom stereocenters. The van der Waals surface area contributed by atoms with Crippen molar-refractivity contribution in [3.63, 3.8) is 0 Å². The number of hydrogen-bond donors (Lipinski definition) is 0. The summed E-state index contributed by atoms with van der Waals surface area (Å²) in [5.41, 5.74) is 6.14. The Hall–Kier alpha value is -2.55. The third-order valence-electron chi connectivity index (χ3n) is 4.44. The van der Waals surface area contributed by atoms with Gasteiger partial charge in [-0.25, -0.2) is 0 Å². The first-order valence-corrected chi connectivity index (χ1v) is 8.57. The predicted octanol–water partition coefficient (Wildman–Crippen LogP) is 4.94. The largest absolute Gasteiger partial charge is 0.494 e. The van der Waals surface area contributed by atoms with E-state index in [4.69, 9.17) is 4.74 Å². The lowest BCUT2D eigenvalue weighted by molar-refractivity contribution is 0.111. The van der Waals surface area contributed by atoms with Crippen LogP contribution in [0.4, 0.5) is 0 Å². The molecular weight excluding hydrogens is 298 g/mol. The lowest BCUT2D eigenvalue weighted by atomic mass is 10.0. The Bertz CT molecular complexity index is 877. The van der Waals surface area contributed by atoms with Gasteiger partial charge < -0.3 is 9.14 Å². The smallest absolute Gasteiger partial charge is 0.167 e. The Labute approximate surface area is 142 Å². The highest BCUT2D eigenvalue weighted by Crippen LogP contribution is 2.31. The number of rotatable bonds is 6. The van der Waals surface area contributed by atoms with Crippen LogP contribution in [0.1, 0.15) is 42.4 Å². The van der Waals surface area contributed by atoms with Gasteiger partial charge in [-0.3, -0.25) is 4.79 Å². The number of fused-ring (bicyclic) bond motifs is 1. The molecule has 0 aliphatic carbocycles. The number of carbonyl (C=O) groups is 1. The van der Waals surface area contributed by atoms with Crippen molar-refractivity contribution < 1.29 is 9.53 Å². The third kappa shape index (κ3) is 2.82. The van der Waals surface area contributed by atoms with E-state index in [0.29, 0.717) is 12.3 Å². The Morgan fingerprint density at radius 3 is 2.54 bits per heavy atom. The molecule has 0 atom stereocenters. The molecule has 0 fully saturated rings. The molecule has 0 aliphatic heterocycles. The minimum Gasteiger partial charge on any atom is -0.494 e. The lowest BCUT2D eigenvalue weighted by Crippen LogP contribution is -1.97. The zero-order valence-electron chi connectivity index (χ0n) is 14.5. The topological polar surface area (TPSA) is 30.7 Å². The summed E-state index contributed by atoms with van der Waals surface area (Å²) in [6.45, 7) is 6.88. The Kier molecular flexibility index (Phi) is 4.70. The van der Waals surface area contributed by atoms with Crippen LogP contribution in [0.2, 0.25) is 0 Å². The Balaban J connectivity index is 2.16. The number of aryl methyl sites for hydroxylation is 2. The molecule has 0 N–H and O–H groups in total. The molecule has 24 heavy (non-hydrogen) atoms. The summed E-state index contributed by atoms with van der Waals surface area (Å²) in [5, 5.41) is 0. The SMILES string of the molecule is CCOc1ccc(-c2cc3ccc(CC)cn3c2C=O)cc1CC. The summed E-state index contributed by atoms with van der Waals surface area (Å²) < 4.78 is 7.68. The fraction of sp³-hybridized carbons (Fsp3) is 0.286. The highest BCUT2D eigenvalue weighted by Gasteiger charge is 2.13. The molecule has 3 nitrogen and oxygen atoms in total. The van der Waals surface area contributed by atoms with E-state index in [1.165, 1.54) is 5.56 Å². The Morgan fingerprint density at radius 1 is 1.04 bits per heavy atom. The van der Waals surface area contributed by atoms with Gasteiger partial charge in [-0.2, -0.15) is 0 Å². The van der Waals surface area contributed by atoms with Gasteiger partial charge in [0.05, 0.1) is 12.3 Å². The number of pyridine rings is 1. The van der Waals surface area contributed by atoms with Crippen LogP contribution in [-0.4, -0.2) is 17.3 Å². The summed E-state index contributed by atoms with van der Waals surface area (Å²) in [6, 6.07) is 12.4. The number of aromatic nitrogens is 1. The van der Waals surface area contributed by atoms with Crippen LogP contribution >= 0.6 is 0 Å². The normalized spacial score (nSPS) is 11.0. The third-order valence-corrected chi connectivity index (χ3v) is 4.44. The first-order chi connectivity index (χ1) is 11.7. The minimum atomic E-state index is 0.655. The van der Waals surface area contributed by atoms with Crippen LogP contribution < -0.4 is 4.74 Å². The molecule has 3 aromatic rings. The van der Waals surface area contributed by atoms with E-state index < -0.39 is 0 Å². The second-order valence-corrected chi connectivity index (χ2v) is 5.86. The molecule has 0 amide bonds. The molecule has 0 saturated carbocycles. The zero-order chi connectivity index (χ0) is 17.1. The molecule has 3 rings (SSSR count). The van der Waals surface area contributed by atoms with Crippen molar-refractivity contribution in [2.75, 3.05) is 6.61 Å². The van der Waals surface area contributed by atoms with Crippen molar-refractivity contribution in [2.24, 2.45) is 0 Å². The van der Waals surface area contributed by atoms with Crippen LogP contribution in [0.5, 0.6) is 5.75 Å². The van der Waals surface area contributed by atoms with Crippen molar-refractivity contribution in [1.29, 1.82) is 0 Å². The highest BCUT2D eigenvalue weighted by atomic mass is 16.5. The van der Waals surface area contributed by atoms with E-state index in [2.05, 4.69) is 44.3 Å². The maximum Gasteiger partial charge on any atom is 0.167 e. The van der Waals surface area contributed by atoms with Gasteiger partial charge in [0.15, 0.2) is 6.29 Å². The van der Waals surface area contributed by atoms with Crippen LogP contribution in [-0.2, 0) is 12.8 Å². The van der Waals surface area contributed by atoms with Crippen molar-refractivity contribution in [2.45, 2.75) is 33.6 Å². The average Bonchev–Trinajstić information content (AvgIpc) is 2.99. The van der Waals surface area contributed by atoms with Gasteiger partial charge in [0, 0.05) is 17.3 Å². The van der Waals surface area contributed by atoms with Gasteiger partial charge in [0.2, 0.25) is 0 Å². The van der Waals surface area contributed by atoms with Crippen molar-refractivity contribution >= 4 is 11.8 Å². The van der Waals surface area contributed by atoms with Crippen LogP contribution in [0.3, 0.4) is 0 Å². The summed E-state index contributed by atoms with van der Waals surface area (Å²) in [4.78, 5) is 11.8. The van der Waals surface area contributed by atoms with Gasteiger partial charge >= 0.3 is 0 Å². The second-order valence-electron chi connectivity index (χ2n) is 5.86. The van der Waals surface area contributed by atoms with E-state index in [0.717, 1.165) is 47.1 Å². The molecule has 0 saturated heterocycles. The number of carbonyl (C=O) groups excluding carboxylic acids is 1. The van der Waals surface area contributed by atoms with Crippen LogP contribution in [0, 0.1) is 0 Å². The maximum atomic E-state index is 11.8. The van der Waals surface area contributed by atoms with Crippen LogP contribution in [0.15, 0.2) is 42.6 Å². The number of hydrogen-bond acceptors (Lipinski definition) is 2. The zero-order valence-corrected chi connectivity index (χ0v) is 14.5. The molecule has 1 aromatic carbocycles. The second kappa shape index (κ2) is 6.91. The molecule has 0 bridgehead atoms. The minimum absolute atomic E-state index is 0.655. The first-order valence-electron chi connectivity index (χ1n) is 8.57. The number of ether oxygens (including phenoxy) is 1. The predicted molar refractivity (Wildman–Crippen MR) is 98.1 cm³/mol. The number of benzene rings is 1. The number of aldehydes is 1. The van der Waals surface area contributed by atoms with Gasteiger partial charge in [-0.05, 0) is 60.7 Å². The van der Waals surface area contributed by atoms with Gasteiger partial charge in [0.25, 0.3) is 0 Å². The molecule has 0 spiro atoms. The lowest BCUT2D eigenvalue weighted by Gasteiger charge is -2.11. The van der Waals surface area contributed by atoms with Crippen molar-refractivity contribution in [3.8, 4) is 16.9 Å². The molecule has 2 heterocycles. The molecule has 124 valence electrons. The number of nitrogens with zero attached hydrogens (tertiary/aromatic N) is 1. The van der Waals surface area contributed by atoms with Crippen LogP contribution in [0.25, 0.3) is 16.6 Å². The van der Waals surface area contributed by atoms with E-state index >= 15 is 0 Å². The molecular formula is C21H23NO2. The highest BCUT2D eigenvalue weighted by molar-refractivity contribution is 5.90. The summed E-state index contributed by atoms with van der Waals surface area (Å²) in [5.74, 6) is 0.924. The maximum absolute atomic E-state index is 11.8.